The normalized spacial score (nSPS) is 10.9. The molecule has 0 unspecified atom stereocenters. The van der Waals surface area contributed by atoms with Gasteiger partial charge in [-0.2, -0.15) is 0 Å². The Labute approximate surface area is 134 Å². The predicted octanol–water partition coefficient (Wildman–Crippen LogP) is 1.32. The first kappa shape index (κ1) is 16.8. The fourth-order valence-corrected chi connectivity index (χ4v) is 2.88. The molecule has 0 spiro atoms. The topological polar surface area (TPSA) is 97.4 Å². The van der Waals surface area contributed by atoms with Gasteiger partial charge in [0.05, 0.1) is 4.90 Å². The molecule has 0 bridgehead atoms. The highest BCUT2D eigenvalue weighted by Gasteiger charge is 2.16. The van der Waals surface area contributed by atoms with E-state index in [0.717, 1.165) is 0 Å². The number of carbonyl (C=O) groups excluding carboxylic acids is 1. The van der Waals surface area contributed by atoms with Gasteiger partial charge in [0.2, 0.25) is 0 Å². The molecule has 0 fully saturated rings. The summed E-state index contributed by atoms with van der Waals surface area (Å²) in [4.78, 5) is 15.2. The number of likely N-dealkylation sites (N-methyl/N-ethyl adjacent to an activating group) is 1. The fraction of sp³-hybridized carbons (Fsp3) is 0.200. The summed E-state index contributed by atoms with van der Waals surface area (Å²) in [5.74, 6) is 0.424. The molecule has 0 radical (unpaired) electrons. The molecule has 0 saturated heterocycles. The van der Waals surface area contributed by atoms with Crippen molar-refractivity contribution < 1.29 is 17.9 Å². The number of ether oxygens (including phenoxy) is 1. The molecule has 2 rings (SSSR count). The van der Waals surface area contributed by atoms with E-state index in [2.05, 4.69) is 15.0 Å². The molecule has 2 aromatic rings. The lowest BCUT2D eigenvalue weighted by atomic mass is 10.2. The van der Waals surface area contributed by atoms with Gasteiger partial charge in [-0.3, -0.25) is 9.52 Å². The highest BCUT2D eigenvalue weighted by molar-refractivity contribution is 7.92. The number of benzene rings is 1. The van der Waals surface area contributed by atoms with E-state index in [1.165, 1.54) is 31.4 Å². The van der Waals surface area contributed by atoms with Crippen LogP contribution < -0.4 is 14.8 Å². The van der Waals surface area contributed by atoms with Gasteiger partial charge >= 0.3 is 0 Å². The lowest BCUT2D eigenvalue weighted by Gasteiger charge is -2.11. The molecule has 7 nitrogen and oxygen atoms in total. The van der Waals surface area contributed by atoms with Crippen molar-refractivity contribution in [2.24, 2.45) is 0 Å². The van der Waals surface area contributed by atoms with E-state index in [0.29, 0.717) is 11.3 Å². The van der Waals surface area contributed by atoms with Gasteiger partial charge in [-0.15, -0.1) is 0 Å². The van der Waals surface area contributed by atoms with Crippen molar-refractivity contribution in [3.8, 4) is 5.75 Å². The third-order valence-corrected chi connectivity index (χ3v) is 4.35. The quantitative estimate of drug-likeness (QED) is 0.830. The van der Waals surface area contributed by atoms with Crippen LogP contribution in [0.1, 0.15) is 5.56 Å². The zero-order valence-electron chi connectivity index (χ0n) is 12.7. The molecular formula is C15H17N3O4S. The molecule has 122 valence electrons. The number of aromatic nitrogens is 1. The summed E-state index contributed by atoms with van der Waals surface area (Å²) < 4.78 is 32.4. The van der Waals surface area contributed by atoms with Gasteiger partial charge in [0.15, 0.2) is 6.61 Å². The molecule has 0 saturated carbocycles. The number of hydrogen-bond acceptors (Lipinski definition) is 5. The van der Waals surface area contributed by atoms with Gasteiger partial charge in [-0.1, -0.05) is 6.07 Å². The second kappa shape index (κ2) is 7.10. The van der Waals surface area contributed by atoms with Gasteiger partial charge in [0, 0.05) is 13.2 Å². The van der Waals surface area contributed by atoms with E-state index >= 15 is 0 Å². The van der Waals surface area contributed by atoms with Crippen LogP contribution in [0.2, 0.25) is 0 Å². The number of rotatable bonds is 6. The number of nitrogens with one attached hydrogen (secondary N) is 2. The largest absolute Gasteiger partial charge is 0.484 e. The van der Waals surface area contributed by atoms with Crippen LogP contribution in [-0.4, -0.2) is 33.0 Å². The number of pyridine rings is 1. The molecule has 1 aromatic heterocycles. The summed E-state index contributed by atoms with van der Waals surface area (Å²) in [6, 6.07) is 9.35. The first-order chi connectivity index (χ1) is 10.9. The van der Waals surface area contributed by atoms with E-state index in [1.54, 1.807) is 25.1 Å². The third-order valence-electron chi connectivity index (χ3n) is 3.00. The zero-order chi connectivity index (χ0) is 16.9. The molecule has 0 aliphatic heterocycles. The SMILES string of the molecule is CNC(=O)COc1ccc(S(=O)(=O)Nc2ccccn2)cc1C. The molecule has 23 heavy (non-hydrogen) atoms. The van der Waals surface area contributed by atoms with E-state index in [4.69, 9.17) is 4.74 Å². The molecule has 0 aliphatic rings. The Balaban J connectivity index is 2.17. The number of amides is 1. The van der Waals surface area contributed by atoms with Crippen molar-refractivity contribution in [3.05, 3.63) is 48.2 Å². The van der Waals surface area contributed by atoms with E-state index in [9.17, 15) is 13.2 Å². The molecule has 1 amide bonds. The highest BCUT2D eigenvalue weighted by Crippen LogP contribution is 2.23. The Morgan fingerprint density at radius 3 is 2.65 bits per heavy atom. The van der Waals surface area contributed by atoms with Gasteiger partial charge in [0.25, 0.3) is 15.9 Å². The second-order valence-electron chi connectivity index (χ2n) is 4.71. The van der Waals surface area contributed by atoms with Crippen LogP contribution in [0, 0.1) is 6.92 Å². The summed E-state index contributed by atoms with van der Waals surface area (Å²) in [5.41, 5.74) is 0.609. The maximum absolute atomic E-state index is 12.3. The lowest BCUT2D eigenvalue weighted by molar-refractivity contribution is -0.122. The monoisotopic (exact) mass is 335 g/mol. The number of nitrogens with zero attached hydrogens (tertiary/aromatic N) is 1. The maximum Gasteiger partial charge on any atom is 0.263 e. The molecule has 1 heterocycles. The minimum absolute atomic E-state index is 0.0907. The Kier molecular flexibility index (Phi) is 5.17. The number of aryl methyl sites for hydroxylation is 1. The third kappa shape index (κ3) is 4.43. The summed E-state index contributed by atoms with van der Waals surface area (Å²) in [7, 11) is -2.22. The Morgan fingerprint density at radius 1 is 1.26 bits per heavy atom. The maximum atomic E-state index is 12.3. The lowest BCUT2D eigenvalue weighted by Crippen LogP contribution is -2.25. The van der Waals surface area contributed by atoms with Crippen LogP contribution in [0.4, 0.5) is 5.82 Å². The van der Waals surface area contributed by atoms with Crippen LogP contribution in [-0.2, 0) is 14.8 Å². The van der Waals surface area contributed by atoms with Gasteiger partial charge in [0.1, 0.15) is 11.6 Å². The average Bonchev–Trinajstić information content (AvgIpc) is 2.53. The van der Waals surface area contributed by atoms with Crippen molar-refractivity contribution in [1.29, 1.82) is 0 Å². The minimum atomic E-state index is -3.74. The van der Waals surface area contributed by atoms with Crippen molar-refractivity contribution in [1.82, 2.24) is 10.3 Å². The van der Waals surface area contributed by atoms with Crippen molar-refractivity contribution in [2.75, 3.05) is 18.4 Å². The van der Waals surface area contributed by atoms with Crippen molar-refractivity contribution in [3.63, 3.8) is 0 Å². The van der Waals surface area contributed by atoms with E-state index in [1.807, 2.05) is 0 Å². The number of sulfonamides is 1. The molecule has 1 aromatic carbocycles. The minimum Gasteiger partial charge on any atom is -0.484 e. The van der Waals surface area contributed by atoms with Crippen molar-refractivity contribution >= 4 is 21.7 Å². The second-order valence-corrected chi connectivity index (χ2v) is 6.39. The summed E-state index contributed by atoms with van der Waals surface area (Å²) in [6.07, 6.45) is 1.50. The number of hydrogen-bond donors (Lipinski definition) is 2. The van der Waals surface area contributed by atoms with Gasteiger partial charge in [-0.25, -0.2) is 13.4 Å². The zero-order valence-corrected chi connectivity index (χ0v) is 13.6. The van der Waals surface area contributed by atoms with E-state index in [-0.39, 0.29) is 23.2 Å². The fourth-order valence-electron chi connectivity index (χ4n) is 1.79. The van der Waals surface area contributed by atoms with Crippen LogP contribution in [0.5, 0.6) is 5.75 Å². The van der Waals surface area contributed by atoms with Crippen LogP contribution >= 0.6 is 0 Å². The molecule has 8 heteroatoms. The Morgan fingerprint density at radius 2 is 2.04 bits per heavy atom. The molecule has 0 atom stereocenters. The number of carbonyl (C=O) groups is 1. The molecule has 0 aliphatic carbocycles. The summed E-state index contributed by atoms with van der Waals surface area (Å²) in [5, 5.41) is 2.44. The van der Waals surface area contributed by atoms with Crippen molar-refractivity contribution in [2.45, 2.75) is 11.8 Å². The highest BCUT2D eigenvalue weighted by atomic mass is 32.2. The predicted molar refractivity (Wildman–Crippen MR) is 85.8 cm³/mol. The van der Waals surface area contributed by atoms with Crippen LogP contribution in [0.25, 0.3) is 0 Å². The standard InChI is InChI=1S/C15H17N3O4S/c1-11-9-12(6-7-13(11)22-10-15(19)16-2)23(20,21)18-14-5-3-4-8-17-14/h3-9H,10H2,1-2H3,(H,16,19)(H,17,18). The first-order valence-electron chi connectivity index (χ1n) is 6.80. The Bertz CT molecular complexity index is 792. The molecule has 2 N–H and O–H groups in total. The van der Waals surface area contributed by atoms with E-state index < -0.39 is 10.0 Å². The molecular weight excluding hydrogens is 318 g/mol. The first-order valence-corrected chi connectivity index (χ1v) is 8.28. The van der Waals surface area contributed by atoms with Crippen LogP contribution in [0.3, 0.4) is 0 Å². The van der Waals surface area contributed by atoms with Gasteiger partial charge < -0.3 is 10.1 Å². The summed E-state index contributed by atoms with van der Waals surface area (Å²) in [6.45, 7) is 1.58. The average molecular weight is 335 g/mol. The smallest absolute Gasteiger partial charge is 0.263 e. The van der Waals surface area contributed by atoms with Gasteiger partial charge in [-0.05, 0) is 42.8 Å². The number of anilines is 1. The Hall–Kier alpha value is -2.61. The van der Waals surface area contributed by atoms with Crippen LogP contribution in [0.15, 0.2) is 47.5 Å². The summed E-state index contributed by atoms with van der Waals surface area (Å²) >= 11 is 0.